The van der Waals surface area contributed by atoms with Crippen LogP contribution in [0.1, 0.15) is 34.3 Å². The van der Waals surface area contributed by atoms with Gasteiger partial charge in [0, 0.05) is 25.2 Å². The van der Waals surface area contributed by atoms with Crippen LogP contribution in [0.5, 0.6) is 0 Å². The lowest BCUT2D eigenvalue weighted by Crippen LogP contribution is -2.45. The third kappa shape index (κ3) is 4.47. The zero-order valence-corrected chi connectivity index (χ0v) is 14.6. The predicted molar refractivity (Wildman–Crippen MR) is 98.1 cm³/mol. The zero-order chi connectivity index (χ0) is 17.6. The van der Waals surface area contributed by atoms with Crippen molar-refractivity contribution in [3.8, 4) is 0 Å². The maximum absolute atomic E-state index is 12.7. The lowest BCUT2D eigenvalue weighted by atomic mass is 9.96. The zero-order valence-electron chi connectivity index (χ0n) is 14.6. The van der Waals surface area contributed by atoms with E-state index < -0.39 is 0 Å². The van der Waals surface area contributed by atoms with E-state index in [9.17, 15) is 9.59 Å². The van der Waals surface area contributed by atoms with E-state index in [0.29, 0.717) is 18.7 Å². The molecule has 0 aliphatic carbocycles. The summed E-state index contributed by atoms with van der Waals surface area (Å²) in [7, 11) is 0. The first-order valence-corrected chi connectivity index (χ1v) is 8.81. The number of rotatable bonds is 4. The molecule has 1 aliphatic rings. The van der Waals surface area contributed by atoms with Gasteiger partial charge in [-0.1, -0.05) is 48.0 Å². The molecular formula is C21H24N2O2. The number of carbonyl (C=O) groups excluding carboxylic acids is 2. The van der Waals surface area contributed by atoms with Gasteiger partial charge < -0.3 is 10.2 Å². The topological polar surface area (TPSA) is 49.4 Å². The Balaban J connectivity index is 1.58. The maximum atomic E-state index is 12.7. The first-order valence-electron chi connectivity index (χ1n) is 8.81. The molecule has 1 N–H and O–H groups in total. The SMILES string of the molecule is Cc1cccc(C(=O)N2CCC[C@@H](C(=O)NCc3ccccc3)C2)c1. The van der Waals surface area contributed by atoms with Crippen LogP contribution >= 0.6 is 0 Å². The quantitative estimate of drug-likeness (QED) is 0.932. The molecular weight excluding hydrogens is 312 g/mol. The lowest BCUT2D eigenvalue weighted by molar-refractivity contribution is -0.126. The molecule has 0 spiro atoms. The van der Waals surface area contributed by atoms with Crippen LogP contribution in [-0.4, -0.2) is 29.8 Å². The molecule has 0 radical (unpaired) electrons. The van der Waals surface area contributed by atoms with Crippen LogP contribution in [0.4, 0.5) is 0 Å². The van der Waals surface area contributed by atoms with Crippen molar-refractivity contribution in [3.63, 3.8) is 0 Å². The molecule has 0 bridgehead atoms. The van der Waals surface area contributed by atoms with E-state index in [-0.39, 0.29) is 17.7 Å². The minimum atomic E-state index is -0.133. The van der Waals surface area contributed by atoms with Gasteiger partial charge in [0.25, 0.3) is 5.91 Å². The molecule has 0 unspecified atom stereocenters. The fourth-order valence-electron chi connectivity index (χ4n) is 3.27. The number of hydrogen-bond acceptors (Lipinski definition) is 2. The third-order valence-corrected chi connectivity index (χ3v) is 4.65. The van der Waals surface area contributed by atoms with Gasteiger partial charge in [-0.3, -0.25) is 9.59 Å². The van der Waals surface area contributed by atoms with Gasteiger partial charge in [-0.2, -0.15) is 0 Å². The summed E-state index contributed by atoms with van der Waals surface area (Å²) in [5.41, 5.74) is 2.85. The van der Waals surface area contributed by atoms with Crippen molar-refractivity contribution in [2.45, 2.75) is 26.3 Å². The standard InChI is InChI=1S/C21H24N2O2/c1-16-7-5-10-18(13-16)21(25)23-12-6-11-19(15-23)20(24)22-14-17-8-3-2-4-9-17/h2-5,7-10,13,19H,6,11-12,14-15H2,1H3,(H,22,24)/t19-/m1/s1. The van der Waals surface area contributed by atoms with Crippen LogP contribution in [0, 0.1) is 12.8 Å². The van der Waals surface area contributed by atoms with Crippen molar-refractivity contribution in [3.05, 3.63) is 71.3 Å². The number of piperidine rings is 1. The molecule has 2 aromatic carbocycles. The maximum Gasteiger partial charge on any atom is 0.253 e. The largest absolute Gasteiger partial charge is 0.352 e. The Kier molecular flexibility index (Phi) is 5.49. The molecule has 1 heterocycles. The first kappa shape index (κ1) is 17.2. The van der Waals surface area contributed by atoms with E-state index in [0.717, 1.165) is 30.5 Å². The predicted octanol–water partition coefficient (Wildman–Crippen LogP) is 3.16. The first-order chi connectivity index (χ1) is 12.1. The molecule has 1 aliphatic heterocycles. The van der Waals surface area contributed by atoms with Gasteiger partial charge in [0.2, 0.25) is 5.91 Å². The minimum absolute atomic E-state index is 0.0178. The minimum Gasteiger partial charge on any atom is -0.352 e. The number of amides is 2. The molecule has 1 saturated heterocycles. The Morgan fingerprint density at radius 3 is 2.68 bits per heavy atom. The van der Waals surface area contributed by atoms with Gasteiger partial charge >= 0.3 is 0 Å². The summed E-state index contributed by atoms with van der Waals surface area (Å²) >= 11 is 0. The fourth-order valence-corrected chi connectivity index (χ4v) is 3.27. The molecule has 2 amide bonds. The summed E-state index contributed by atoms with van der Waals surface area (Å²) in [6.45, 7) is 3.72. The molecule has 130 valence electrons. The summed E-state index contributed by atoms with van der Waals surface area (Å²) in [4.78, 5) is 27.0. The van der Waals surface area contributed by atoms with Crippen LogP contribution < -0.4 is 5.32 Å². The lowest BCUT2D eigenvalue weighted by Gasteiger charge is -2.32. The van der Waals surface area contributed by atoms with Crippen LogP contribution in [-0.2, 0) is 11.3 Å². The van der Waals surface area contributed by atoms with Crippen molar-refractivity contribution in [2.24, 2.45) is 5.92 Å². The van der Waals surface area contributed by atoms with Crippen molar-refractivity contribution in [1.29, 1.82) is 0 Å². The number of nitrogens with zero attached hydrogens (tertiary/aromatic N) is 1. The fraction of sp³-hybridized carbons (Fsp3) is 0.333. The van der Waals surface area contributed by atoms with Crippen LogP contribution in [0.3, 0.4) is 0 Å². The monoisotopic (exact) mass is 336 g/mol. The van der Waals surface area contributed by atoms with E-state index in [4.69, 9.17) is 0 Å². The molecule has 4 heteroatoms. The third-order valence-electron chi connectivity index (χ3n) is 4.65. The summed E-state index contributed by atoms with van der Waals surface area (Å²) in [6.07, 6.45) is 1.69. The highest BCUT2D eigenvalue weighted by molar-refractivity contribution is 5.95. The smallest absolute Gasteiger partial charge is 0.253 e. The molecule has 25 heavy (non-hydrogen) atoms. The van der Waals surface area contributed by atoms with E-state index in [1.807, 2.05) is 66.4 Å². The van der Waals surface area contributed by atoms with Crippen LogP contribution in [0.25, 0.3) is 0 Å². The summed E-state index contributed by atoms with van der Waals surface area (Å²) in [6, 6.07) is 17.5. The van der Waals surface area contributed by atoms with E-state index >= 15 is 0 Å². The van der Waals surface area contributed by atoms with Crippen LogP contribution in [0.2, 0.25) is 0 Å². The Bertz CT molecular complexity index is 743. The van der Waals surface area contributed by atoms with E-state index in [2.05, 4.69) is 5.32 Å². The summed E-state index contributed by atoms with van der Waals surface area (Å²) in [5, 5.41) is 3.00. The highest BCUT2D eigenvalue weighted by atomic mass is 16.2. The normalized spacial score (nSPS) is 17.2. The van der Waals surface area contributed by atoms with Gasteiger partial charge in [-0.15, -0.1) is 0 Å². The van der Waals surface area contributed by atoms with Crippen molar-refractivity contribution < 1.29 is 9.59 Å². The van der Waals surface area contributed by atoms with Gasteiger partial charge in [0.1, 0.15) is 0 Å². The second-order valence-corrected chi connectivity index (χ2v) is 6.66. The number of hydrogen-bond donors (Lipinski definition) is 1. The number of aryl methyl sites for hydroxylation is 1. The van der Waals surface area contributed by atoms with Crippen molar-refractivity contribution in [2.75, 3.05) is 13.1 Å². The Morgan fingerprint density at radius 1 is 1.12 bits per heavy atom. The second kappa shape index (κ2) is 7.97. The second-order valence-electron chi connectivity index (χ2n) is 6.66. The molecule has 1 fully saturated rings. The number of nitrogens with one attached hydrogen (secondary N) is 1. The average Bonchev–Trinajstić information content (AvgIpc) is 2.66. The molecule has 2 aromatic rings. The van der Waals surface area contributed by atoms with E-state index in [1.165, 1.54) is 0 Å². The van der Waals surface area contributed by atoms with Gasteiger partial charge in [-0.05, 0) is 37.5 Å². The van der Waals surface area contributed by atoms with Crippen molar-refractivity contribution in [1.82, 2.24) is 10.2 Å². The highest BCUT2D eigenvalue weighted by Gasteiger charge is 2.28. The average molecular weight is 336 g/mol. The van der Waals surface area contributed by atoms with E-state index in [1.54, 1.807) is 0 Å². The molecule has 0 aromatic heterocycles. The number of carbonyl (C=O) groups is 2. The summed E-state index contributed by atoms with van der Waals surface area (Å²) in [5.74, 6) is -0.0823. The Labute approximate surface area is 148 Å². The molecule has 4 nitrogen and oxygen atoms in total. The highest BCUT2D eigenvalue weighted by Crippen LogP contribution is 2.19. The Morgan fingerprint density at radius 2 is 1.92 bits per heavy atom. The van der Waals surface area contributed by atoms with Gasteiger partial charge in [0.15, 0.2) is 0 Å². The Hall–Kier alpha value is -2.62. The van der Waals surface area contributed by atoms with Crippen molar-refractivity contribution >= 4 is 11.8 Å². The van der Waals surface area contributed by atoms with Crippen LogP contribution in [0.15, 0.2) is 54.6 Å². The molecule has 3 rings (SSSR count). The number of likely N-dealkylation sites (tertiary alicyclic amines) is 1. The summed E-state index contributed by atoms with van der Waals surface area (Å²) < 4.78 is 0. The molecule has 0 saturated carbocycles. The van der Waals surface area contributed by atoms with Gasteiger partial charge in [0.05, 0.1) is 5.92 Å². The number of benzene rings is 2. The molecule has 1 atom stereocenters. The van der Waals surface area contributed by atoms with Gasteiger partial charge in [-0.25, -0.2) is 0 Å².